The van der Waals surface area contributed by atoms with Crippen molar-refractivity contribution < 1.29 is 9.72 Å². The Labute approximate surface area is 129 Å². The first-order chi connectivity index (χ1) is 10.5. The van der Waals surface area contributed by atoms with E-state index >= 15 is 0 Å². The lowest BCUT2D eigenvalue weighted by Gasteiger charge is -1.98. The number of anilines is 1. The van der Waals surface area contributed by atoms with Crippen molar-refractivity contribution in [3.8, 4) is 0 Å². The average molecular weight is 319 g/mol. The minimum atomic E-state index is -0.496. The number of nitrogens with two attached hydrogens (primary N) is 1. The van der Waals surface area contributed by atoms with Gasteiger partial charge in [-0.1, -0.05) is 30.4 Å². The predicted molar refractivity (Wildman–Crippen MR) is 84.1 cm³/mol. The van der Waals surface area contributed by atoms with Gasteiger partial charge in [-0.2, -0.15) is 5.10 Å². The molecule has 8 nitrogen and oxygen atoms in total. The van der Waals surface area contributed by atoms with Crippen LogP contribution < -0.4 is 11.2 Å². The first-order valence-corrected chi connectivity index (χ1v) is 7.16. The van der Waals surface area contributed by atoms with Crippen molar-refractivity contribution in [1.29, 1.82) is 0 Å². The first kappa shape index (κ1) is 15.6. The Bertz CT molecular complexity index is 741. The van der Waals surface area contributed by atoms with Crippen molar-refractivity contribution in [3.63, 3.8) is 0 Å². The van der Waals surface area contributed by atoms with Gasteiger partial charge in [-0.3, -0.25) is 14.9 Å². The van der Waals surface area contributed by atoms with Crippen molar-refractivity contribution >= 4 is 34.3 Å². The number of hydrogen-bond donors (Lipinski definition) is 2. The van der Waals surface area contributed by atoms with Crippen LogP contribution in [0.25, 0.3) is 0 Å². The maximum atomic E-state index is 12.0. The van der Waals surface area contributed by atoms with Gasteiger partial charge in [-0.05, 0) is 6.42 Å². The molecule has 0 bridgehead atoms. The normalized spacial score (nSPS) is 10.8. The molecule has 1 aromatic carbocycles. The molecular weight excluding hydrogens is 306 g/mol. The standard InChI is InChI=1S/C13H13N5O3S/c1-2-10-11(22-13(14)16-10)12(19)17-15-7-8-4-3-5-9(6-8)18(20)21/h3-7H,2H2,1H3,(H2,14,16)(H,17,19). The number of nitro benzene ring substituents is 1. The number of nitro groups is 1. The SMILES string of the molecule is CCc1nc(N)sc1C(=O)NN=Cc1cccc([N+](=O)[O-])c1. The molecule has 1 amide bonds. The first-order valence-electron chi connectivity index (χ1n) is 6.34. The highest BCUT2D eigenvalue weighted by molar-refractivity contribution is 7.17. The van der Waals surface area contributed by atoms with Crippen LogP contribution in [0.1, 0.15) is 27.9 Å². The number of hydrogen-bond acceptors (Lipinski definition) is 7. The van der Waals surface area contributed by atoms with Gasteiger partial charge in [-0.15, -0.1) is 0 Å². The Morgan fingerprint density at radius 2 is 2.36 bits per heavy atom. The molecule has 114 valence electrons. The van der Waals surface area contributed by atoms with Gasteiger partial charge in [0.25, 0.3) is 11.6 Å². The molecule has 0 saturated carbocycles. The zero-order chi connectivity index (χ0) is 16.1. The van der Waals surface area contributed by atoms with Crippen molar-refractivity contribution in [2.45, 2.75) is 13.3 Å². The van der Waals surface area contributed by atoms with E-state index in [1.54, 1.807) is 12.1 Å². The molecule has 9 heteroatoms. The number of nitrogens with one attached hydrogen (secondary N) is 1. The molecule has 0 radical (unpaired) electrons. The number of carbonyl (C=O) groups is 1. The Hall–Kier alpha value is -2.81. The Morgan fingerprint density at radius 3 is 3.05 bits per heavy atom. The van der Waals surface area contributed by atoms with Crippen LogP contribution in [0.5, 0.6) is 0 Å². The zero-order valence-corrected chi connectivity index (χ0v) is 12.5. The quantitative estimate of drug-likeness (QED) is 0.495. The number of aryl methyl sites for hydroxylation is 1. The van der Waals surface area contributed by atoms with E-state index in [-0.39, 0.29) is 5.69 Å². The Morgan fingerprint density at radius 1 is 1.59 bits per heavy atom. The van der Waals surface area contributed by atoms with E-state index < -0.39 is 10.8 Å². The third-order valence-corrected chi connectivity index (χ3v) is 3.64. The summed E-state index contributed by atoms with van der Waals surface area (Å²) in [6.45, 7) is 1.87. The molecule has 0 unspecified atom stereocenters. The highest BCUT2D eigenvalue weighted by atomic mass is 32.1. The number of amides is 1. The summed E-state index contributed by atoms with van der Waals surface area (Å²) in [7, 11) is 0. The largest absolute Gasteiger partial charge is 0.375 e. The van der Waals surface area contributed by atoms with Crippen molar-refractivity contribution in [1.82, 2.24) is 10.4 Å². The highest BCUT2D eigenvalue weighted by Gasteiger charge is 2.15. The van der Waals surface area contributed by atoms with Crippen molar-refractivity contribution in [2.24, 2.45) is 5.10 Å². The van der Waals surface area contributed by atoms with Gasteiger partial charge in [0.05, 0.1) is 16.8 Å². The van der Waals surface area contributed by atoms with E-state index in [2.05, 4.69) is 15.5 Å². The van der Waals surface area contributed by atoms with Gasteiger partial charge >= 0.3 is 0 Å². The molecule has 1 heterocycles. The molecule has 0 saturated heterocycles. The molecule has 0 aliphatic heterocycles. The van der Waals surface area contributed by atoms with Gasteiger partial charge in [0.2, 0.25) is 0 Å². The fourth-order valence-electron chi connectivity index (χ4n) is 1.72. The van der Waals surface area contributed by atoms with Crippen LogP contribution in [0.2, 0.25) is 0 Å². The van der Waals surface area contributed by atoms with Crippen molar-refractivity contribution in [2.75, 3.05) is 5.73 Å². The molecular formula is C13H13N5O3S. The maximum absolute atomic E-state index is 12.0. The summed E-state index contributed by atoms with van der Waals surface area (Å²) in [6, 6.07) is 5.92. The lowest BCUT2D eigenvalue weighted by atomic mass is 10.2. The summed E-state index contributed by atoms with van der Waals surface area (Å²) >= 11 is 1.09. The van der Waals surface area contributed by atoms with Gasteiger partial charge in [0, 0.05) is 17.7 Å². The molecule has 0 fully saturated rings. The number of carbonyl (C=O) groups excluding carboxylic acids is 1. The molecule has 22 heavy (non-hydrogen) atoms. The van der Waals surface area contributed by atoms with E-state index in [9.17, 15) is 14.9 Å². The predicted octanol–water partition coefficient (Wildman–Crippen LogP) is 1.96. The summed E-state index contributed by atoms with van der Waals surface area (Å²) < 4.78 is 0. The smallest absolute Gasteiger partial charge is 0.283 e. The van der Waals surface area contributed by atoms with Crippen molar-refractivity contribution in [3.05, 3.63) is 50.5 Å². The average Bonchev–Trinajstić information content (AvgIpc) is 2.88. The van der Waals surface area contributed by atoms with E-state index in [1.807, 2.05) is 6.92 Å². The van der Waals surface area contributed by atoms with E-state index in [0.29, 0.717) is 27.7 Å². The molecule has 0 aliphatic rings. The molecule has 2 rings (SSSR count). The summed E-state index contributed by atoms with van der Waals surface area (Å²) in [4.78, 5) is 26.6. The number of rotatable bonds is 5. The van der Waals surface area contributed by atoms with Crippen LogP contribution in [0.4, 0.5) is 10.8 Å². The minimum Gasteiger partial charge on any atom is -0.375 e. The number of benzene rings is 1. The minimum absolute atomic E-state index is 0.0428. The number of hydrazone groups is 1. The summed E-state index contributed by atoms with van der Waals surface area (Å²) in [5, 5.41) is 14.8. The maximum Gasteiger partial charge on any atom is 0.283 e. The van der Waals surface area contributed by atoms with Gasteiger partial charge in [0.1, 0.15) is 4.88 Å². The number of aromatic nitrogens is 1. The zero-order valence-electron chi connectivity index (χ0n) is 11.6. The van der Waals surface area contributed by atoms with Crippen LogP contribution in [0, 0.1) is 10.1 Å². The third-order valence-electron chi connectivity index (χ3n) is 2.72. The van der Waals surface area contributed by atoms with Crippen LogP contribution >= 0.6 is 11.3 Å². The molecule has 1 aromatic heterocycles. The fraction of sp³-hybridized carbons (Fsp3) is 0.154. The van der Waals surface area contributed by atoms with Crippen LogP contribution in [0.3, 0.4) is 0 Å². The van der Waals surface area contributed by atoms with E-state index in [4.69, 9.17) is 5.73 Å². The summed E-state index contributed by atoms with van der Waals surface area (Å²) in [6.07, 6.45) is 1.92. The second-order valence-electron chi connectivity index (χ2n) is 4.23. The highest BCUT2D eigenvalue weighted by Crippen LogP contribution is 2.20. The summed E-state index contributed by atoms with van der Waals surface area (Å²) in [5.41, 5.74) is 9.02. The molecule has 0 atom stereocenters. The molecule has 3 N–H and O–H groups in total. The summed E-state index contributed by atoms with van der Waals surface area (Å²) in [5.74, 6) is -0.410. The second kappa shape index (κ2) is 6.76. The monoisotopic (exact) mass is 319 g/mol. The number of nitrogen functional groups attached to an aromatic ring is 1. The van der Waals surface area contributed by atoms with Crippen LogP contribution in [0.15, 0.2) is 29.4 Å². The number of non-ortho nitro benzene ring substituents is 1. The lowest BCUT2D eigenvalue weighted by Crippen LogP contribution is -2.17. The topological polar surface area (TPSA) is 124 Å². The molecule has 0 aliphatic carbocycles. The number of nitrogens with zero attached hydrogens (tertiary/aromatic N) is 3. The molecule has 0 spiro atoms. The number of thiazole rings is 1. The van der Waals surface area contributed by atoms with Gasteiger partial charge < -0.3 is 5.73 Å². The lowest BCUT2D eigenvalue weighted by molar-refractivity contribution is -0.384. The van der Waals surface area contributed by atoms with E-state index in [1.165, 1.54) is 18.3 Å². The Kier molecular flexibility index (Phi) is 4.79. The second-order valence-corrected chi connectivity index (χ2v) is 5.26. The Balaban J connectivity index is 2.07. The third kappa shape index (κ3) is 3.64. The fourth-order valence-corrected chi connectivity index (χ4v) is 2.53. The van der Waals surface area contributed by atoms with Crippen LogP contribution in [-0.4, -0.2) is 22.0 Å². The van der Waals surface area contributed by atoms with Gasteiger partial charge in [0.15, 0.2) is 5.13 Å². The van der Waals surface area contributed by atoms with Gasteiger partial charge in [-0.25, -0.2) is 10.4 Å². The molecule has 2 aromatic rings. The van der Waals surface area contributed by atoms with Crippen LogP contribution in [-0.2, 0) is 6.42 Å². The van der Waals surface area contributed by atoms with E-state index in [0.717, 1.165) is 11.3 Å².